The average Bonchev–Trinajstić information content (AvgIpc) is 2.55. The van der Waals surface area contributed by atoms with Crippen molar-refractivity contribution in [1.82, 2.24) is 5.32 Å². The summed E-state index contributed by atoms with van der Waals surface area (Å²) in [5, 5.41) is 4.29. The van der Waals surface area contributed by atoms with E-state index >= 15 is 0 Å². The van der Waals surface area contributed by atoms with Crippen molar-refractivity contribution >= 4 is 11.6 Å². The van der Waals surface area contributed by atoms with E-state index in [0.29, 0.717) is 11.8 Å². The van der Waals surface area contributed by atoms with Gasteiger partial charge in [-0.15, -0.1) is 0 Å². The fourth-order valence-electron chi connectivity index (χ4n) is 3.66. The van der Waals surface area contributed by atoms with E-state index in [1.807, 2.05) is 6.07 Å². The number of ether oxygens (including phenoxy) is 1. The topological polar surface area (TPSA) is 21.3 Å². The number of benzene rings is 1. The lowest BCUT2D eigenvalue weighted by Crippen LogP contribution is -2.33. The molecule has 0 radical (unpaired) electrons. The van der Waals surface area contributed by atoms with Crippen molar-refractivity contribution in [2.45, 2.75) is 50.9 Å². The molecule has 116 valence electrons. The molecule has 2 aliphatic rings. The molecule has 1 aliphatic heterocycles. The van der Waals surface area contributed by atoms with Crippen LogP contribution in [0.1, 0.15) is 56.4 Å². The number of hydrogen-bond donors (Lipinski definition) is 1. The summed E-state index contributed by atoms with van der Waals surface area (Å²) < 4.78 is 6.19. The lowest BCUT2D eigenvalue weighted by Gasteiger charge is -2.26. The normalized spacial score (nSPS) is 24.0. The Morgan fingerprint density at radius 1 is 1.10 bits per heavy atom. The Morgan fingerprint density at radius 2 is 1.95 bits per heavy atom. The maximum Gasteiger partial charge on any atom is 0.122 e. The van der Waals surface area contributed by atoms with Crippen LogP contribution in [0.2, 0.25) is 5.02 Å². The molecule has 1 atom stereocenters. The molecule has 1 N–H and O–H groups in total. The molecule has 1 saturated heterocycles. The zero-order valence-corrected chi connectivity index (χ0v) is 13.5. The Bertz CT molecular complexity index is 451. The summed E-state index contributed by atoms with van der Waals surface area (Å²) in [4.78, 5) is 0. The highest BCUT2D eigenvalue weighted by molar-refractivity contribution is 6.30. The smallest absolute Gasteiger partial charge is 0.122 e. The highest BCUT2D eigenvalue weighted by atomic mass is 35.5. The molecule has 2 fully saturated rings. The summed E-state index contributed by atoms with van der Waals surface area (Å²) in [6.07, 6.45) is 9.15. The number of nitrogens with one attached hydrogen (secondary N) is 1. The van der Waals surface area contributed by atoms with Crippen molar-refractivity contribution in [2.24, 2.45) is 5.92 Å². The van der Waals surface area contributed by atoms with Crippen molar-refractivity contribution in [3.8, 4) is 5.75 Å². The van der Waals surface area contributed by atoms with E-state index < -0.39 is 0 Å². The summed E-state index contributed by atoms with van der Waals surface area (Å²) >= 11 is 6.22. The van der Waals surface area contributed by atoms with E-state index in [1.54, 1.807) is 0 Å². The van der Waals surface area contributed by atoms with Crippen LogP contribution in [0.5, 0.6) is 5.75 Å². The van der Waals surface area contributed by atoms with E-state index in [1.165, 1.54) is 50.5 Å². The molecule has 1 aromatic rings. The van der Waals surface area contributed by atoms with E-state index in [4.69, 9.17) is 16.3 Å². The first-order chi connectivity index (χ1) is 10.3. The SMILES string of the molecule is Clc1ccc(OC[C@H]2CCCNC2)c(C2CCCCC2)c1. The van der Waals surface area contributed by atoms with Crippen LogP contribution in [0.3, 0.4) is 0 Å². The van der Waals surface area contributed by atoms with Gasteiger partial charge in [0, 0.05) is 17.5 Å². The minimum atomic E-state index is 0.636. The molecule has 21 heavy (non-hydrogen) atoms. The second-order valence-corrected chi connectivity index (χ2v) is 6.98. The largest absolute Gasteiger partial charge is 0.493 e. The zero-order valence-electron chi connectivity index (χ0n) is 12.7. The van der Waals surface area contributed by atoms with Crippen molar-refractivity contribution < 1.29 is 4.74 Å². The van der Waals surface area contributed by atoms with Crippen LogP contribution in [0.4, 0.5) is 0 Å². The maximum atomic E-state index is 6.22. The monoisotopic (exact) mass is 307 g/mol. The molecule has 3 rings (SSSR count). The van der Waals surface area contributed by atoms with E-state index in [-0.39, 0.29) is 0 Å². The Labute approximate surface area is 133 Å². The Balaban J connectivity index is 1.68. The molecular weight excluding hydrogens is 282 g/mol. The molecule has 1 saturated carbocycles. The summed E-state index contributed by atoms with van der Waals surface area (Å²) in [6.45, 7) is 3.07. The molecule has 0 spiro atoms. The van der Waals surface area contributed by atoms with Crippen molar-refractivity contribution in [3.63, 3.8) is 0 Å². The van der Waals surface area contributed by atoms with Gasteiger partial charge in [-0.2, -0.15) is 0 Å². The van der Waals surface area contributed by atoms with Gasteiger partial charge in [0.2, 0.25) is 0 Å². The second kappa shape index (κ2) is 7.51. The second-order valence-electron chi connectivity index (χ2n) is 6.54. The first-order valence-corrected chi connectivity index (χ1v) is 8.83. The maximum absolute atomic E-state index is 6.22. The van der Waals surface area contributed by atoms with Gasteiger partial charge in [0.05, 0.1) is 6.61 Å². The molecule has 0 aromatic heterocycles. The average molecular weight is 308 g/mol. The lowest BCUT2D eigenvalue weighted by atomic mass is 9.83. The number of rotatable bonds is 4. The summed E-state index contributed by atoms with van der Waals surface area (Å²) in [6, 6.07) is 6.16. The van der Waals surface area contributed by atoms with Crippen LogP contribution >= 0.6 is 11.6 Å². The molecule has 0 unspecified atom stereocenters. The number of piperidine rings is 1. The predicted octanol–water partition coefficient (Wildman–Crippen LogP) is 4.77. The fraction of sp³-hybridized carbons (Fsp3) is 0.667. The predicted molar refractivity (Wildman–Crippen MR) is 88.4 cm³/mol. The molecular formula is C18H26ClNO. The third-order valence-corrected chi connectivity index (χ3v) is 5.13. The Morgan fingerprint density at radius 3 is 2.71 bits per heavy atom. The summed E-state index contributed by atoms with van der Waals surface area (Å²) in [5.41, 5.74) is 1.34. The molecule has 1 aliphatic carbocycles. The van der Waals surface area contributed by atoms with Gasteiger partial charge < -0.3 is 10.1 Å². The molecule has 2 nitrogen and oxygen atoms in total. The van der Waals surface area contributed by atoms with Gasteiger partial charge in [-0.1, -0.05) is 30.9 Å². The summed E-state index contributed by atoms with van der Waals surface area (Å²) in [7, 11) is 0. The molecule has 0 amide bonds. The van der Waals surface area contributed by atoms with Crippen LogP contribution in [-0.4, -0.2) is 19.7 Å². The quantitative estimate of drug-likeness (QED) is 0.865. The van der Waals surface area contributed by atoms with E-state index in [0.717, 1.165) is 30.5 Å². The van der Waals surface area contributed by atoms with Crippen LogP contribution in [0.25, 0.3) is 0 Å². The van der Waals surface area contributed by atoms with E-state index in [9.17, 15) is 0 Å². The highest BCUT2D eigenvalue weighted by Crippen LogP contribution is 2.38. The Kier molecular flexibility index (Phi) is 5.43. The van der Waals surface area contributed by atoms with Gasteiger partial charge in [0.25, 0.3) is 0 Å². The third-order valence-electron chi connectivity index (χ3n) is 4.89. The highest BCUT2D eigenvalue weighted by Gasteiger charge is 2.21. The van der Waals surface area contributed by atoms with Crippen LogP contribution in [0.15, 0.2) is 18.2 Å². The van der Waals surface area contributed by atoms with Crippen molar-refractivity contribution in [1.29, 1.82) is 0 Å². The van der Waals surface area contributed by atoms with Gasteiger partial charge in [-0.05, 0) is 61.9 Å². The van der Waals surface area contributed by atoms with Crippen LogP contribution in [-0.2, 0) is 0 Å². The third kappa shape index (κ3) is 4.14. The minimum absolute atomic E-state index is 0.636. The Hall–Kier alpha value is -0.730. The van der Waals surface area contributed by atoms with Crippen LogP contribution in [0, 0.1) is 5.92 Å². The van der Waals surface area contributed by atoms with Crippen molar-refractivity contribution in [3.05, 3.63) is 28.8 Å². The van der Waals surface area contributed by atoms with Crippen LogP contribution < -0.4 is 10.1 Å². The van der Waals surface area contributed by atoms with Gasteiger partial charge in [0.15, 0.2) is 0 Å². The van der Waals surface area contributed by atoms with Crippen molar-refractivity contribution in [2.75, 3.05) is 19.7 Å². The summed E-state index contributed by atoms with van der Waals surface area (Å²) in [5.74, 6) is 2.35. The molecule has 1 aromatic carbocycles. The molecule has 3 heteroatoms. The fourth-order valence-corrected chi connectivity index (χ4v) is 3.84. The zero-order chi connectivity index (χ0) is 14.5. The standard InChI is InChI=1S/C18H26ClNO/c19-16-8-9-18(21-13-14-5-4-10-20-12-14)17(11-16)15-6-2-1-3-7-15/h8-9,11,14-15,20H,1-7,10,12-13H2/t14-/m0/s1. The van der Waals surface area contributed by atoms with E-state index in [2.05, 4.69) is 17.4 Å². The van der Waals surface area contributed by atoms with Gasteiger partial charge in [-0.25, -0.2) is 0 Å². The molecule has 1 heterocycles. The molecule has 0 bridgehead atoms. The van der Waals surface area contributed by atoms with Gasteiger partial charge in [0.1, 0.15) is 5.75 Å². The number of hydrogen-bond acceptors (Lipinski definition) is 2. The van der Waals surface area contributed by atoms with Gasteiger partial charge in [-0.3, -0.25) is 0 Å². The first kappa shape index (κ1) is 15.2. The minimum Gasteiger partial charge on any atom is -0.493 e. The van der Waals surface area contributed by atoms with Gasteiger partial charge >= 0.3 is 0 Å². The number of halogens is 1. The lowest BCUT2D eigenvalue weighted by molar-refractivity contribution is 0.215. The first-order valence-electron chi connectivity index (χ1n) is 8.46.